The summed E-state index contributed by atoms with van der Waals surface area (Å²) < 4.78 is 0. The van der Waals surface area contributed by atoms with E-state index in [1.165, 1.54) is 6.42 Å². The molecule has 5 nitrogen and oxygen atoms in total. The van der Waals surface area contributed by atoms with Crippen molar-refractivity contribution in [3.8, 4) is 6.07 Å². The Kier molecular flexibility index (Phi) is 5.15. The molecule has 1 aliphatic carbocycles. The van der Waals surface area contributed by atoms with E-state index >= 15 is 0 Å². The smallest absolute Gasteiger partial charge is 0.251 e. The van der Waals surface area contributed by atoms with Gasteiger partial charge in [0.05, 0.1) is 11.8 Å². The molecule has 128 valence electrons. The molecule has 1 amide bonds. The minimum absolute atomic E-state index is 0.102. The van der Waals surface area contributed by atoms with Crippen LogP contribution in [-0.2, 0) is 10.2 Å². The van der Waals surface area contributed by atoms with Crippen molar-refractivity contribution < 1.29 is 9.90 Å². The molecule has 5 heteroatoms. The van der Waals surface area contributed by atoms with E-state index in [1.54, 1.807) is 11.1 Å². The molecule has 1 aromatic heterocycles. The summed E-state index contributed by atoms with van der Waals surface area (Å²) in [6, 6.07) is 8.04. The highest BCUT2D eigenvalue weighted by molar-refractivity contribution is 5.81. The van der Waals surface area contributed by atoms with E-state index in [-0.39, 0.29) is 11.8 Å². The molecule has 2 aliphatic rings. The average molecular weight is 327 g/mol. The van der Waals surface area contributed by atoms with E-state index in [0.717, 1.165) is 31.4 Å². The van der Waals surface area contributed by atoms with Crippen LogP contribution < -0.4 is 0 Å². The molecule has 1 aromatic rings. The van der Waals surface area contributed by atoms with Crippen LogP contribution in [0.25, 0.3) is 0 Å². The summed E-state index contributed by atoms with van der Waals surface area (Å²) in [5.74, 6) is -0.0563. The van der Waals surface area contributed by atoms with E-state index < -0.39 is 11.5 Å². The molecule has 0 radical (unpaired) electrons. The number of aliphatic hydroxyl groups is 1. The predicted octanol–water partition coefficient (Wildman–Crippen LogP) is 2.41. The maximum absolute atomic E-state index is 12.6. The third kappa shape index (κ3) is 3.29. The molecule has 1 unspecified atom stereocenters. The Morgan fingerprint density at radius 3 is 2.58 bits per heavy atom. The van der Waals surface area contributed by atoms with Crippen LogP contribution in [0.4, 0.5) is 0 Å². The number of hydrogen-bond acceptors (Lipinski definition) is 4. The fraction of sp³-hybridized carbons (Fsp3) is 0.632. The van der Waals surface area contributed by atoms with Crippen molar-refractivity contribution in [1.29, 1.82) is 5.26 Å². The summed E-state index contributed by atoms with van der Waals surface area (Å²) in [5, 5.41) is 20.1. The first-order chi connectivity index (χ1) is 11.7. The Morgan fingerprint density at radius 2 is 2.00 bits per heavy atom. The summed E-state index contributed by atoms with van der Waals surface area (Å²) in [4.78, 5) is 18.7. The van der Waals surface area contributed by atoms with Gasteiger partial charge in [-0.05, 0) is 43.7 Å². The Bertz CT molecular complexity index is 597. The highest BCUT2D eigenvalue weighted by Crippen LogP contribution is 2.34. The maximum atomic E-state index is 12.6. The first-order valence-electron chi connectivity index (χ1n) is 8.96. The number of nitriles is 1. The molecule has 1 saturated carbocycles. The van der Waals surface area contributed by atoms with Gasteiger partial charge in [0.15, 0.2) is 0 Å². The Hall–Kier alpha value is -1.93. The number of hydrogen-bond donors (Lipinski definition) is 1. The lowest BCUT2D eigenvalue weighted by Crippen LogP contribution is -2.50. The molecule has 0 bridgehead atoms. The fourth-order valence-corrected chi connectivity index (χ4v) is 4.02. The Morgan fingerprint density at radius 1 is 1.29 bits per heavy atom. The number of rotatable bonds is 3. The monoisotopic (exact) mass is 327 g/mol. The molecule has 2 heterocycles. The van der Waals surface area contributed by atoms with Gasteiger partial charge in [0.1, 0.15) is 11.5 Å². The highest BCUT2D eigenvalue weighted by Gasteiger charge is 2.40. The van der Waals surface area contributed by atoms with Gasteiger partial charge in [0.25, 0.3) is 5.91 Å². The zero-order valence-corrected chi connectivity index (χ0v) is 14.0. The standard InChI is InChI=1S/C19H25N3O2/c20-14-19(16-8-4-5-11-21-16)9-12-22(13-10-19)18(24)17(23)15-6-2-1-3-7-15/h4-5,8,11,15,17,23H,1-3,6-7,9-10,12-13H2. The molecule has 0 spiro atoms. The normalized spacial score (nSPS) is 22.6. The Balaban J connectivity index is 1.64. The zero-order valence-electron chi connectivity index (χ0n) is 14.0. The number of pyridine rings is 1. The Labute approximate surface area is 143 Å². The van der Waals surface area contributed by atoms with Gasteiger partial charge in [-0.3, -0.25) is 9.78 Å². The van der Waals surface area contributed by atoms with Gasteiger partial charge < -0.3 is 10.0 Å². The van der Waals surface area contributed by atoms with E-state index in [1.807, 2.05) is 18.2 Å². The third-order valence-electron chi connectivity index (χ3n) is 5.65. The second-order valence-electron chi connectivity index (χ2n) is 7.08. The summed E-state index contributed by atoms with van der Waals surface area (Å²) in [6.07, 6.45) is 7.27. The number of likely N-dealkylation sites (tertiary alicyclic amines) is 1. The first-order valence-corrected chi connectivity index (χ1v) is 8.96. The average Bonchev–Trinajstić information content (AvgIpc) is 2.68. The topological polar surface area (TPSA) is 77.2 Å². The van der Waals surface area contributed by atoms with Crippen LogP contribution in [0.3, 0.4) is 0 Å². The van der Waals surface area contributed by atoms with Gasteiger partial charge in [0.2, 0.25) is 0 Å². The van der Waals surface area contributed by atoms with E-state index in [2.05, 4.69) is 11.1 Å². The molecule has 1 N–H and O–H groups in total. The van der Waals surface area contributed by atoms with Crippen LogP contribution in [-0.4, -0.2) is 40.1 Å². The third-order valence-corrected chi connectivity index (χ3v) is 5.65. The minimum Gasteiger partial charge on any atom is -0.383 e. The molecule has 1 saturated heterocycles. The number of carbonyl (C=O) groups is 1. The number of aliphatic hydroxyl groups excluding tert-OH is 1. The lowest BCUT2D eigenvalue weighted by molar-refractivity contribution is -0.145. The summed E-state index contributed by atoms with van der Waals surface area (Å²) >= 11 is 0. The summed E-state index contributed by atoms with van der Waals surface area (Å²) in [7, 11) is 0. The fourth-order valence-electron chi connectivity index (χ4n) is 4.02. The molecular formula is C19H25N3O2. The summed E-state index contributed by atoms with van der Waals surface area (Å²) in [5.41, 5.74) is 0.167. The maximum Gasteiger partial charge on any atom is 0.251 e. The molecule has 1 atom stereocenters. The highest BCUT2D eigenvalue weighted by atomic mass is 16.3. The molecule has 24 heavy (non-hydrogen) atoms. The molecule has 1 aliphatic heterocycles. The first kappa shape index (κ1) is 16.9. The van der Waals surface area contributed by atoms with Gasteiger partial charge in [-0.2, -0.15) is 5.26 Å². The van der Waals surface area contributed by atoms with Crippen molar-refractivity contribution >= 4 is 5.91 Å². The van der Waals surface area contributed by atoms with Crippen LogP contribution in [0, 0.1) is 17.2 Å². The van der Waals surface area contributed by atoms with Gasteiger partial charge >= 0.3 is 0 Å². The van der Waals surface area contributed by atoms with Crippen LogP contribution in [0.15, 0.2) is 24.4 Å². The lowest BCUT2D eigenvalue weighted by atomic mass is 9.76. The molecular weight excluding hydrogens is 302 g/mol. The molecule has 3 rings (SSSR count). The van der Waals surface area contributed by atoms with Crippen LogP contribution in [0.5, 0.6) is 0 Å². The quantitative estimate of drug-likeness (QED) is 0.925. The van der Waals surface area contributed by atoms with Crippen LogP contribution in [0.1, 0.15) is 50.6 Å². The predicted molar refractivity (Wildman–Crippen MR) is 89.9 cm³/mol. The SMILES string of the molecule is N#CC1(c2ccccn2)CCN(C(=O)C(O)C2CCCCC2)CC1. The number of piperidine rings is 1. The van der Waals surface area contributed by atoms with Crippen molar-refractivity contribution in [1.82, 2.24) is 9.88 Å². The van der Waals surface area contributed by atoms with Gasteiger partial charge in [-0.15, -0.1) is 0 Å². The van der Waals surface area contributed by atoms with Crippen molar-refractivity contribution in [3.63, 3.8) is 0 Å². The van der Waals surface area contributed by atoms with Crippen molar-refractivity contribution in [2.45, 2.75) is 56.5 Å². The number of carbonyl (C=O) groups excluding carboxylic acids is 1. The minimum atomic E-state index is -0.880. The number of aromatic nitrogens is 1. The van der Waals surface area contributed by atoms with Crippen molar-refractivity contribution in [2.24, 2.45) is 5.92 Å². The van der Waals surface area contributed by atoms with Gasteiger partial charge in [0, 0.05) is 19.3 Å². The second-order valence-corrected chi connectivity index (χ2v) is 7.08. The number of nitrogens with zero attached hydrogens (tertiary/aromatic N) is 3. The van der Waals surface area contributed by atoms with E-state index in [0.29, 0.717) is 25.9 Å². The van der Waals surface area contributed by atoms with Gasteiger partial charge in [-0.1, -0.05) is 25.3 Å². The summed E-state index contributed by atoms with van der Waals surface area (Å²) in [6.45, 7) is 1.01. The lowest BCUT2D eigenvalue weighted by Gasteiger charge is -2.38. The molecule has 0 aromatic carbocycles. The molecule has 2 fully saturated rings. The van der Waals surface area contributed by atoms with Crippen molar-refractivity contribution in [3.05, 3.63) is 30.1 Å². The van der Waals surface area contributed by atoms with Gasteiger partial charge in [-0.25, -0.2) is 0 Å². The largest absolute Gasteiger partial charge is 0.383 e. The van der Waals surface area contributed by atoms with Crippen LogP contribution in [0.2, 0.25) is 0 Å². The van der Waals surface area contributed by atoms with Crippen molar-refractivity contribution in [2.75, 3.05) is 13.1 Å². The zero-order chi connectivity index (χ0) is 17.0. The van der Waals surface area contributed by atoms with Crippen LogP contribution >= 0.6 is 0 Å². The van der Waals surface area contributed by atoms with E-state index in [4.69, 9.17) is 0 Å². The van der Waals surface area contributed by atoms with E-state index in [9.17, 15) is 15.2 Å². The number of amides is 1. The second kappa shape index (κ2) is 7.31.